The summed E-state index contributed by atoms with van der Waals surface area (Å²) in [5, 5.41) is 31.9. The van der Waals surface area contributed by atoms with Crippen LogP contribution in [0.1, 0.15) is 117 Å². The van der Waals surface area contributed by atoms with Crippen LogP contribution >= 0.6 is 22.7 Å². The van der Waals surface area contributed by atoms with Crippen molar-refractivity contribution in [1.29, 1.82) is 0 Å². The third-order valence-corrected chi connectivity index (χ3v) is 21.0. The van der Waals surface area contributed by atoms with Gasteiger partial charge in [-0.2, -0.15) is 33.7 Å². The van der Waals surface area contributed by atoms with Gasteiger partial charge in [-0.3, -0.25) is 42.2 Å². The number of amides is 5. The van der Waals surface area contributed by atoms with Crippen LogP contribution in [0.2, 0.25) is 0 Å². The van der Waals surface area contributed by atoms with Crippen LogP contribution in [0, 0.1) is 13.8 Å². The highest BCUT2D eigenvalue weighted by Gasteiger charge is 2.58. The first-order chi connectivity index (χ1) is 41.4. The van der Waals surface area contributed by atoms with Gasteiger partial charge in [-0.25, -0.2) is 4.79 Å². The zero-order valence-corrected chi connectivity index (χ0v) is 52.1. The summed E-state index contributed by atoms with van der Waals surface area (Å²) in [5.74, 6) is -10.8. The van der Waals surface area contributed by atoms with Gasteiger partial charge in [0.15, 0.2) is 5.70 Å². The number of halogens is 2. The first-order valence-corrected chi connectivity index (χ1v) is 34.5. The van der Waals surface area contributed by atoms with Crippen molar-refractivity contribution in [3.63, 3.8) is 0 Å². The summed E-state index contributed by atoms with van der Waals surface area (Å²) in [7, 11) is -20.3. The van der Waals surface area contributed by atoms with Crippen LogP contribution in [0.4, 0.5) is 8.63 Å². The Morgan fingerprint density at radius 3 is 1.69 bits per heavy atom. The molecule has 38 heteroatoms. The Morgan fingerprint density at radius 2 is 1.16 bits per heavy atom. The molecule has 5 amide bonds. The predicted octanol–water partition coefficient (Wildman–Crippen LogP) is 2.89. The van der Waals surface area contributed by atoms with Crippen LogP contribution in [-0.2, 0) is 54.9 Å². The van der Waals surface area contributed by atoms with E-state index in [1.54, 1.807) is 0 Å². The van der Waals surface area contributed by atoms with Crippen molar-refractivity contribution in [3.8, 4) is 22.2 Å². The van der Waals surface area contributed by atoms with Crippen molar-refractivity contribution in [2.75, 3.05) is 31.1 Å². The third kappa shape index (κ3) is 14.5. The number of carbonyl (C=O) groups excluding carboxylic acids is 6. The van der Waals surface area contributed by atoms with Crippen LogP contribution < -0.4 is 31.4 Å². The van der Waals surface area contributed by atoms with Crippen LogP contribution in [0.3, 0.4) is 0 Å². The van der Waals surface area contributed by atoms with E-state index in [1.165, 1.54) is 52.0 Å². The van der Waals surface area contributed by atoms with Gasteiger partial charge >= 0.3 is 33.2 Å². The number of hydrogen-bond donors (Lipinski definition) is 11. The quantitative estimate of drug-likeness (QED) is 0.0574. The average Bonchev–Trinajstić information content (AvgIpc) is 1.54. The molecule has 1 aromatic carbocycles. The van der Waals surface area contributed by atoms with Gasteiger partial charge in [0.2, 0.25) is 29.5 Å². The molecule has 29 nitrogen and oxygen atoms in total. The van der Waals surface area contributed by atoms with Crippen molar-refractivity contribution in [3.05, 3.63) is 104 Å². The Bertz CT molecular complexity index is 4340. The monoisotopic (exact) mass is 1360 g/mol. The van der Waals surface area contributed by atoms with Crippen LogP contribution in [0.5, 0.6) is 11.8 Å². The summed E-state index contributed by atoms with van der Waals surface area (Å²) in [6.45, 7) is -0.323. The molecule has 11 N–H and O–H groups in total. The van der Waals surface area contributed by atoms with E-state index in [1.807, 2.05) is 5.32 Å². The number of allylic oxidation sites excluding steroid dienone is 2. The molecule has 4 aliphatic heterocycles. The Balaban J connectivity index is 1.26. The van der Waals surface area contributed by atoms with E-state index < -0.39 is 139 Å². The highest BCUT2D eigenvalue weighted by Crippen LogP contribution is 2.52. The fourth-order valence-corrected chi connectivity index (χ4v) is 15.9. The van der Waals surface area contributed by atoms with Gasteiger partial charge in [-0.15, -0.1) is 27.4 Å². The Morgan fingerprint density at radius 1 is 0.663 bits per heavy atom. The van der Waals surface area contributed by atoms with Crippen molar-refractivity contribution in [2.45, 2.75) is 93.1 Å². The molecular weight excluding hydrogens is 1300 g/mol. The Labute approximate surface area is 514 Å². The number of aromatic hydroxyl groups is 2. The summed E-state index contributed by atoms with van der Waals surface area (Å²) in [6, 6.07) is 4.76. The molecule has 2 unspecified atom stereocenters. The first kappa shape index (κ1) is 67.3. The maximum Gasteiger partial charge on any atom is 0.737 e. The number of nitrogens with one attached hydrogen (secondary N) is 5. The maximum atomic E-state index is 18.4. The van der Waals surface area contributed by atoms with Gasteiger partial charge in [0.1, 0.15) is 37.7 Å². The van der Waals surface area contributed by atoms with Gasteiger partial charge in [0.05, 0.1) is 37.6 Å². The Hall–Kier alpha value is -7.69. The normalized spacial score (nSPS) is 19.1. The molecule has 6 bridgehead atoms. The molecule has 0 radical (unpaired) electrons. The Kier molecular flexibility index (Phi) is 19.4. The number of benzene rings is 1. The zero-order chi connectivity index (χ0) is 65.6. The van der Waals surface area contributed by atoms with Gasteiger partial charge in [0, 0.05) is 61.9 Å². The first-order valence-electron chi connectivity index (χ1n) is 26.7. The molecule has 4 aliphatic rings. The largest absolute Gasteiger partial charge is 0.737 e. The predicted molar refractivity (Wildman–Crippen MR) is 316 cm³/mol. The minimum absolute atomic E-state index is 0.00104. The van der Waals surface area contributed by atoms with E-state index in [-0.39, 0.29) is 135 Å². The minimum Gasteiger partial charge on any atom is -0.492 e. The average molecular weight is 1360 g/mol. The molecule has 5 aromatic rings. The van der Waals surface area contributed by atoms with E-state index in [9.17, 15) is 90.9 Å². The highest BCUT2D eigenvalue weighted by atomic mass is 32.3. The second-order valence-electron chi connectivity index (χ2n) is 20.8. The van der Waals surface area contributed by atoms with Crippen molar-refractivity contribution in [2.24, 2.45) is 0 Å². The third-order valence-electron chi connectivity index (χ3n) is 14.6. The fraction of sp³-hybridized carbons (Fsp3) is 0.353. The molecule has 0 saturated heterocycles. The molecule has 4 aromatic heterocycles. The molecule has 89 heavy (non-hydrogen) atoms. The number of fused-ring (bicyclic) bond motifs is 21. The zero-order valence-electron chi connectivity index (χ0n) is 47.2. The molecule has 8 heterocycles. The number of aromatic nitrogens is 2. The topological polar surface area (TPSA) is 443 Å². The second-order valence-corrected chi connectivity index (χ2v) is 29.2. The standard InChI is InChI=1S/C51H57BF2N8O21S6/c1-25-40-27(3)60-43(25)42(29-12-14-30(15-13-29)51(70)83-62-36(64)16-17-37(62)65)44-26(2)41(28(4)61(44)52(60,53)54)46-32(22-39(85-46)89(80,81)82)48(67)56-19-9-6-10-20-57-49(68)33(23-86(71,72)73)59-50(69)34(24-87(74,75)76)58-35(63)11-7-5-8-18-55-47(66)31-21-38(84-45(31)40)88(77,78)79/h12-17,21-22,33-34,64-65H,5-11,18-20,23-24H2,1-4H3,(H,55,66)(H,56,67)(H,57,68)(H,58,63)(H,59,69)(H,71,72,73)(H,74,75,76)(H,77,78,79)(H,80,81,82). The number of rotatable bonds is 9. The summed E-state index contributed by atoms with van der Waals surface area (Å²) in [6.07, 6.45) is 0.283. The van der Waals surface area contributed by atoms with Crippen LogP contribution in [-0.4, -0.2) is 167 Å². The summed E-state index contributed by atoms with van der Waals surface area (Å²) >= 11 is 0.766. The molecule has 0 spiro atoms. The van der Waals surface area contributed by atoms with E-state index in [2.05, 4.69) is 21.3 Å². The molecule has 0 aliphatic carbocycles. The summed E-state index contributed by atoms with van der Waals surface area (Å²) < 4.78 is 176. The lowest BCUT2D eigenvalue weighted by Gasteiger charge is -2.34. The van der Waals surface area contributed by atoms with Gasteiger partial charge in [-0.05, 0) is 94.0 Å². The number of nitrogens with zero attached hydrogens (tertiary/aromatic N) is 3. The molecular formula is C51H57BF2N8O21S6. The highest BCUT2D eigenvalue weighted by molar-refractivity contribution is 7.88. The number of carbonyl (C=O) groups is 6. The van der Waals surface area contributed by atoms with Crippen molar-refractivity contribution >= 4 is 122 Å². The lowest BCUT2D eigenvalue weighted by molar-refractivity contribution is -0.363. The maximum absolute atomic E-state index is 18.4. The SMILES string of the molecule is CC1=C2C(C)=[N+]3C1=C(c1ccc(C(=O)On4c(O)ccc4O)cc1)c1c(C)c(c(C)n1[B-]3(F)F)-c1sc(S(=O)(=O)O)cc1C(=O)NCCCCCC(=O)NC(CS(=O)(=O)O)C(=O)NC(CS(=O)(=O)O)C(=O)NCCCCCNC(=O)c1cc(S(=O)(=O)O)sc12. The van der Waals surface area contributed by atoms with Gasteiger partial charge in [0.25, 0.3) is 32.1 Å². The molecule has 0 fully saturated rings. The minimum atomic E-state index is -5.15. The number of thiophene rings is 2. The van der Waals surface area contributed by atoms with Crippen LogP contribution in [0.15, 0.2) is 68.2 Å². The van der Waals surface area contributed by atoms with E-state index in [4.69, 9.17) is 4.84 Å². The van der Waals surface area contributed by atoms with E-state index >= 15 is 8.63 Å². The molecule has 0 saturated carbocycles. The lowest BCUT2D eigenvalue weighted by atomic mass is 9.83. The molecule has 9 rings (SSSR count). The number of hydrogen-bond acceptors (Lipinski definition) is 19. The lowest BCUT2D eigenvalue weighted by Crippen LogP contribution is -2.57. The van der Waals surface area contributed by atoms with Gasteiger partial charge < -0.3 is 59.2 Å². The smallest absolute Gasteiger partial charge is 0.492 e. The van der Waals surface area contributed by atoms with Crippen LogP contribution in [0.25, 0.3) is 21.6 Å². The fourth-order valence-electron chi connectivity index (χ4n) is 10.7. The molecule has 480 valence electrons. The summed E-state index contributed by atoms with van der Waals surface area (Å²) in [5.41, 5.74) is -1.88. The molecule has 2 atom stereocenters. The van der Waals surface area contributed by atoms with E-state index in [0.717, 1.165) is 24.3 Å². The second kappa shape index (κ2) is 25.7. The van der Waals surface area contributed by atoms with Crippen molar-refractivity contribution < 1.29 is 109 Å². The van der Waals surface area contributed by atoms with Crippen molar-refractivity contribution in [1.82, 2.24) is 35.8 Å². The van der Waals surface area contributed by atoms with E-state index in [0.29, 0.717) is 36.4 Å². The summed E-state index contributed by atoms with van der Waals surface area (Å²) in [4.78, 5) is 86.3. The van der Waals surface area contributed by atoms with Gasteiger partial charge in [-0.1, -0.05) is 18.6 Å².